The number of rotatable bonds is 5. The second-order valence-electron chi connectivity index (χ2n) is 9.18. The first-order valence-electron chi connectivity index (χ1n) is 11.2. The molecule has 0 unspecified atom stereocenters. The average molecular weight is 462 g/mol. The zero-order valence-corrected chi connectivity index (χ0v) is 19.7. The van der Waals surface area contributed by atoms with Crippen molar-refractivity contribution in [2.24, 2.45) is 17.8 Å². The van der Waals surface area contributed by atoms with E-state index >= 15 is 0 Å². The van der Waals surface area contributed by atoms with Crippen LogP contribution in [0.2, 0.25) is 0 Å². The van der Waals surface area contributed by atoms with E-state index in [0.717, 1.165) is 19.5 Å². The number of likely N-dealkylation sites (tertiary alicyclic amines) is 1. The summed E-state index contributed by atoms with van der Waals surface area (Å²) in [7, 11) is -3.79. The number of amides is 1. The lowest BCUT2D eigenvalue weighted by Crippen LogP contribution is -2.48. The largest absolute Gasteiger partial charge is 0.465 e. The van der Waals surface area contributed by atoms with Crippen LogP contribution >= 0.6 is 0 Å². The second-order valence-corrected chi connectivity index (χ2v) is 11.1. The maximum absolute atomic E-state index is 13.4. The number of hydrogen-bond donors (Lipinski definition) is 0. The first kappa shape index (κ1) is 22.8. The molecular formula is C23H31N3O5S. The number of piperidine rings is 2. The molecule has 2 fully saturated rings. The molecule has 2 aromatic heterocycles. The standard InChI is InChI=1S/C23H31N3O5S/c1-16-13-17(2)15-25(14-16)23(27)19-8-10-26(11-9-19)32(28,29)22-18(3)24-31-21(22)7-6-20-5-4-12-30-20/h4-7,12,16-17,19H,8-11,13-15H2,1-3H3/b7-6+/t16-,17+. The van der Waals surface area contributed by atoms with E-state index in [1.807, 2.05) is 4.90 Å². The summed E-state index contributed by atoms with van der Waals surface area (Å²) in [6.45, 7) is 8.21. The summed E-state index contributed by atoms with van der Waals surface area (Å²) in [5.41, 5.74) is 0.318. The van der Waals surface area contributed by atoms with Gasteiger partial charge in [0.1, 0.15) is 11.5 Å². The molecule has 0 aliphatic carbocycles. The van der Waals surface area contributed by atoms with Crippen molar-refractivity contribution in [1.82, 2.24) is 14.4 Å². The number of aromatic nitrogens is 1. The molecule has 2 saturated heterocycles. The van der Waals surface area contributed by atoms with Crippen molar-refractivity contribution in [2.45, 2.75) is 44.9 Å². The van der Waals surface area contributed by atoms with Crippen LogP contribution in [0.15, 0.2) is 32.2 Å². The molecule has 174 valence electrons. The minimum absolute atomic E-state index is 0.0729. The Kier molecular flexibility index (Phi) is 6.57. The fourth-order valence-electron chi connectivity index (χ4n) is 4.92. The minimum atomic E-state index is -3.79. The van der Waals surface area contributed by atoms with Crippen LogP contribution in [-0.4, -0.2) is 54.9 Å². The lowest BCUT2D eigenvalue weighted by atomic mass is 9.89. The highest BCUT2D eigenvalue weighted by Crippen LogP contribution is 2.31. The van der Waals surface area contributed by atoms with Gasteiger partial charge in [-0.3, -0.25) is 4.79 Å². The summed E-state index contributed by atoms with van der Waals surface area (Å²) in [4.78, 5) is 15.1. The second kappa shape index (κ2) is 9.23. The lowest BCUT2D eigenvalue weighted by molar-refractivity contribution is -0.139. The molecule has 0 N–H and O–H groups in total. The first-order valence-corrected chi connectivity index (χ1v) is 12.7. The molecule has 0 spiro atoms. The summed E-state index contributed by atoms with van der Waals surface area (Å²) >= 11 is 0. The van der Waals surface area contributed by atoms with Crippen molar-refractivity contribution in [2.75, 3.05) is 26.2 Å². The van der Waals surface area contributed by atoms with E-state index in [-0.39, 0.29) is 22.5 Å². The van der Waals surface area contributed by atoms with Gasteiger partial charge in [-0.2, -0.15) is 4.31 Å². The van der Waals surface area contributed by atoms with Gasteiger partial charge in [0.25, 0.3) is 0 Å². The Hall–Kier alpha value is -2.39. The molecule has 4 rings (SSSR count). The highest BCUT2D eigenvalue weighted by Gasteiger charge is 2.37. The van der Waals surface area contributed by atoms with E-state index in [0.29, 0.717) is 49.2 Å². The third-order valence-corrected chi connectivity index (χ3v) is 8.41. The van der Waals surface area contributed by atoms with E-state index < -0.39 is 10.0 Å². The van der Waals surface area contributed by atoms with Gasteiger partial charge in [-0.15, -0.1) is 0 Å². The smallest absolute Gasteiger partial charge is 0.248 e. The zero-order chi connectivity index (χ0) is 22.9. The topological polar surface area (TPSA) is 96.9 Å². The summed E-state index contributed by atoms with van der Waals surface area (Å²) in [5, 5.41) is 3.87. The van der Waals surface area contributed by atoms with Gasteiger partial charge in [-0.25, -0.2) is 8.42 Å². The lowest BCUT2D eigenvalue weighted by Gasteiger charge is -2.39. The fraction of sp³-hybridized carbons (Fsp3) is 0.565. The van der Waals surface area contributed by atoms with Crippen LogP contribution in [0, 0.1) is 24.7 Å². The highest BCUT2D eigenvalue weighted by molar-refractivity contribution is 7.89. The Labute approximate surface area is 189 Å². The third-order valence-electron chi connectivity index (χ3n) is 6.36. The number of hydrogen-bond acceptors (Lipinski definition) is 6. The van der Waals surface area contributed by atoms with Crippen molar-refractivity contribution in [3.8, 4) is 0 Å². The molecule has 2 aliphatic rings. The van der Waals surface area contributed by atoms with Gasteiger partial charge in [0, 0.05) is 32.1 Å². The van der Waals surface area contributed by atoms with Crippen LogP contribution in [0.3, 0.4) is 0 Å². The number of nitrogens with zero attached hydrogens (tertiary/aromatic N) is 3. The molecule has 2 atom stereocenters. The summed E-state index contributed by atoms with van der Waals surface area (Å²) in [5.74, 6) is 1.82. The summed E-state index contributed by atoms with van der Waals surface area (Å²) in [6.07, 6.45) is 6.94. The molecule has 1 amide bonds. The molecule has 2 aromatic rings. The Balaban J connectivity index is 1.44. The molecule has 4 heterocycles. The number of aryl methyl sites for hydroxylation is 1. The number of furan rings is 1. The molecule has 32 heavy (non-hydrogen) atoms. The maximum Gasteiger partial charge on any atom is 0.248 e. The van der Waals surface area contributed by atoms with E-state index in [1.165, 1.54) is 4.31 Å². The van der Waals surface area contributed by atoms with Gasteiger partial charge < -0.3 is 13.8 Å². The summed E-state index contributed by atoms with van der Waals surface area (Å²) in [6, 6.07) is 3.51. The first-order chi connectivity index (χ1) is 15.3. The van der Waals surface area contributed by atoms with Gasteiger partial charge in [0.2, 0.25) is 15.9 Å². The summed E-state index contributed by atoms with van der Waals surface area (Å²) < 4.78 is 38.8. The van der Waals surface area contributed by atoms with Crippen LogP contribution < -0.4 is 0 Å². The average Bonchev–Trinajstić information content (AvgIpc) is 3.40. The van der Waals surface area contributed by atoms with Crippen molar-refractivity contribution in [3.63, 3.8) is 0 Å². The van der Waals surface area contributed by atoms with Crippen LogP contribution in [0.1, 0.15) is 50.3 Å². The molecule has 2 aliphatic heterocycles. The van der Waals surface area contributed by atoms with Crippen LogP contribution in [0.25, 0.3) is 12.2 Å². The van der Waals surface area contributed by atoms with Gasteiger partial charge in [0.05, 0.1) is 6.26 Å². The van der Waals surface area contributed by atoms with Gasteiger partial charge >= 0.3 is 0 Å². The highest BCUT2D eigenvalue weighted by atomic mass is 32.2. The quantitative estimate of drug-likeness (QED) is 0.674. The fourth-order valence-corrected chi connectivity index (χ4v) is 6.64. The van der Waals surface area contributed by atoms with Gasteiger partial charge in [-0.05, 0) is 62.3 Å². The molecule has 0 radical (unpaired) electrons. The third kappa shape index (κ3) is 4.68. The van der Waals surface area contributed by atoms with Crippen LogP contribution in [0.5, 0.6) is 0 Å². The van der Waals surface area contributed by atoms with E-state index in [4.69, 9.17) is 8.94 Å². The Bertz CT molecular complexity index is 1060. The molecule has 0 saturated carbocycles. The monoisotopic (exact) mass is 461 g/mol. The van der Waals surface area contributed by atoms with E-state index in [9.17, 15) is 13.2 Å². The molecule has 0 bridgehead atoms. The Morgan fingerprint density at radius 1 is 1.16 bits per heavy atom. The van der Waals surface area contributed by atoms with Gasteiger partial charge in [0.15, 0.2) is 10.7 Å². The zero-order valence-electron chi connectivity index (χ0n) is 18.9. The van der Waals surface area contributed by atoms with Gasteiger partial charge in [-0.1, -0.05) is 19.0 Å². The van der Waals surface area contributed by atoms with Crippen molar-refractivity contribution in [1.29, 1.82) is 0 Å². The SMILES string of the molecule is Cc1noc(/C=C/c2ccco2)c1S(=O)(=O)N1CCC(C(=O)N2C[C@H](C)C[C@H](C)C2)CC1. The Morgan fingerprint density at radius 3 is 2.47 bits per heavy atom. The van der Waals surface area contributed by atoms with Crippen molar-refractivity contribution < 1.29 is 22.2 Å². The van der Waals surface area contributed by atoms with Crippen LogP contribution in [-0.2, 0) is 14.8 Å². The van der Waals surface area contributed by atoms with Crippen molar-refractivity contribution in [3.05, 3.63) is 35.6 Å². The van der Waals surface area contributed by atoms with Crippen LogP contribution in [0.4, 0.5) is 0 Å². The molecular weight excluding hydrogens is 430 g/mol. The predicted molar refractivity (Wildman–Crippen MR) is 120 cm³/mol. The van der Waals surface area contributed by atoms with Crippen molar-refractivity contribution >= 4 is 28.1 Å². The van der Waals surface area contributed by atoms with E-state index in [1.54, 1.807) is 37.5 Å². The molecule has 0 aromatic carbocycles. The number of sulfonamides is 1. The number of carbonyl (C=O) groups excluding carboxylic acids is 1. The maximum atomic E-state index is 13.4. The minimum Gasteiger partial charge on any atom is -0.465 e. The predicted octanol–water partition coefficient (Wildman–Crippen LogP) is 3.65. The molecule has 8 nitrogen and oxygen atoms in total. The van der Waals surface area contributed by atoms with E-state index in [2.05, 4.69) is 19.0 Å². The number of carbonyl (C=O) groups is 1. The normalized spacial score (nSPS) is 23.8. The molecule has 9 heteroatoms. The Morgan fingerprint density at radius 2 is 1.84 bits per heavy atom.